The number of nitrogens with zero attached hydrogens (tertiary/aromatic N) is 2. The van der Waals surface area contributed by atoms with E-state index in [0.717, 1.165) is 12.3 Å². The zero-order valence-electron chi connectivity index (χ0n) is 16.1. The van der Waals surface area contributed by atoms with Gasteiger partial charge < -0.3 is 24.9 Å². The number of ether oxygens (including phenoxy) is 2. The first-order valence-corrected chi connectivity index (χ1v) is 9.94. The number of carbonyl (C=O) groups is 1. The molecule has 8 nitrogen and oxygen atoms in total. The number of nitrogens with two attached hydrogens (primary N) is 1. The molecule has 0 aliphatic carbocycles. The van der Waals surface area contributed by atoms with Gasteiger partial charge >= 0.3 is 0 Å². The van der Waals surface area contributed by atoms with Crippen LogP contribution >= 0.6 is 34.8 Å². The fraction of sp³-hybridized carbons (Fsp3) is 0.150. The normalized spacial score (nSPS) is 11.3. The molecule has 2 aromatic heterocycles. The van der Waals surface area contributed by atoms with Gasteiger partial charge in [0.15, 0.2) is 5.43 Å². The van der Waals surface area contributed by atoms with E-state index in [2.05, 4.69) is 4.98 Å². The number of hydrogen-bond donors (Lipinski definition) is 2. The van der Waals surface area contributed by atoms with Crippen molar-refractivity contribution in [3.05, 3.63) is 67.7 Å². The van der Waals surface area contributed by atoms with Crippen molar-refractivity contribution in [1.29, 1.82) is 0 Å². The molecule has 0 radical (unpaired) electrons. The quantitative estimate of drug-likeness (QED) is 0.392. The van der Waals surface area contributed by atoms with Crippen LogP contribution in [-0.4, -0.2) is 33.8 Å². The van der Waals surface area contributed by atoms with Gasteiger partial charge in [-0.05, 0) is 6.92 Å². The smallest absolute Gasteiger partial charge is 0.244 e. The van der Waals surface area contributed by atoms with Crippen LogP contribution in [0, 0.1) is 6.92 Å². The minimum absolute atomic E-state index is 0.0555. The van der Waals surface area contributed by atoms with Gasteiger partial charge in [-0.1, -0.05) is 34.8 Å². The Morgan fingerprint density at radius 2 is 1.90 bits per heavy atom. The number of aliphatic hydroxyl groups is 1. The van der Waals surface area contributed by atoms with Gasteiger partial charge in [0, 0.05) is 30.0 Å². The van der Waals surface area contributed by atoms with Crippen molar-refractivity contribution in [3.63, 3.8) is 0 Å². The maximum Gasteiger partial charge on any atom is 0.244 e. The lowest BCUT2D eigenvalue weighted by Gasteiger charge is -2.19. The summed E-state index contributed by atoms with van der Waals surface area (Å²) in [6, 6.07) is 4.42. The fourth-order valence-corrected chi connectivity index (χ4v) is 3.81. The molecule has 0 spiro atoms. The predicted octanol–water partition coefficient (Wildman–Crippen LogP) is 3.40. The van der Waals surface area contributed by atoms with E-state index in [0.29, 0.717) is 17.1 Å². The molecule has 31 heavy (non-hydrogen) atoms. The lowest BCUT2D eigenvalue weighted by atomic mass is 10.2. The number of aromatic nitrogens is 2. The summed E-state index contributed by atoms with van der Waals surface area (Å²) in [7, 11) is 0. The molecule has 0 fully saturated rings. The molecule has 162 valence electrons. The third-order valence-corrected chi connectivity index (χ3v) is 4.97. The molecule has 0 saturated heterocycles. The summed E-state index contributed by atoms with van der Waals surface area (Å²) in [5, 5.41) is 9.58. The Labute approximate surface area is 191 Å². The number of benzene rings is 1. The van der Waals surface area contributed by atoms with Crippen LogP contribution in [0.2, 0.25) is 15.1 Å². The van der Waals surface area contributed by atoms with Crippen molar-refractivity contribution in [2.75, 3.05) is 13.2 Å². The number of fused-ring (bicyclic) bond motifs is 1. The summed E-state index contributed by atoms with van der Waals surface area (Å²) in [4.78, 5) is 27.7. The number of aryl methyl sites for hydroxylation is 1. The van der Waals surface area contributed by atoms with Crippen LogP contribution in [0.25, 0.3) is 16.6 Å². The van der Waals surface area contributed by atoms with Crippen molar-refractivity contribution in [2.24, 2.45) is 5.73 Å². The summed E-state index contributed by atoms with van der Waals surface area (Å²) >= 11 is 19.4. The standard InChI is InChI=1S/C20H16Cl3N3O5/c1-10-6-15(28)17-19(14(23)9-25-20(17)31-4-2-16(24)29)26(10)18-12(21)7-11(8-13(18)22)30-5-3-27/h2,4,6-9,27H,3,5H2,1H3,(H2,24,29). The second-order valence-corrected chi connectivity index (χ2v) is 7.47. The van der Waals surface area contributed by atoms with Crippen LogP contribution in [0.15, 0.2) is 41.5 Å². The molecule has 0 aliphatic rings. The fourth-order valence-electron chi connectivity index (χ4n) is 2.95. The number of primary amides is 1. The van der Waals surface area contributed by atoms with Gasteiger partial charge in [0.25, 0.3) is 0 Å². The van der Waals surface area contributed by atoms with Crippen molar-refractivity contribution in [1.82, 2.24) is 9.55 Å². The van der Waals surface area contributed by atoms with E-state index in [1.54, 1.807) is 11.5 Å². The van der Waals surface area contributed by atoms with E-state index in [1.165, 1.54) is 24.4 Å². The van der Waals surface area contributed by atoms with E-state index in [9.17, 15) is 9.59 Å². The second-order valence-electron chi connectivity index (χ2n) is 6.25. The molecule has 3 N–H and O–H groups in total. The molecular formula is C20H16Cl3N3O5. The van der Waals surface area contributed by atoms with Crippen LogP contribution in [0.3, 0.4) is 0 Å². The highest BCUT2D eigenvalue weighted by atomic mass is 35.5. The van der Waals surface area contributed by atoms with Crippen molar-refractivity contribution < 1.29 is 19.4 Å². The number of halogens is 3. The van der Waals surface area contributed by atoms with Crippen LogP contribution < -0.4 is 20.6 Å². The lowest BCUT2D eigenvalue weighted by molar-refractivity contribution is -0.113. The first-order valence-electron chi connectivity index (χ1n) is 8.81. The molecule has 1 aromatic carbocycles. The Bertz CT molecular complexity index is 1230. The summed E-state index contributed by atoms with van der Waals surface area (Å²) in [5.41, 5.74) is 5.76. The Morgan fingerprint density at radius 3 is 2.52 bits per heavy atom. The summed E-state index contributed by atoms with van der Waals surface area (Å²) in [6.07, 6.45) is 3.30. The second kappa shape index (κ2) is 9.57. The van der Waals surface area contributed by atoms with Gasteiger partial charge in [0.05, 0.1) is 45.3 Å². The molecule has 0 atom stereocenters. The Hall–Kier alpha value is -2.78. The maximum absolute atomic E-state index is 12.8. The van der Waals surface area contributed by atoms with Crippen LogP contribution in [-0.2, 0) is 4.79 Å². The van der Waals surface area contributed by atoms with E-state index < -0.39 is 11.3 Å². The topological polar surface area (TPSA) is 117 Å². The first kappa shape index (κ1) is 22.9. The summed E-state index contributed by atoms with van der Waals surface area (Å²) in [6.45, 7) is 1.59. The molecule has 0 bridgehead atoms. The van der Waals surface area contributed by atoms with Gasteiger partial charge in [-0.15, -0.1) is 0 Å². The molecule has 0 unspecified atom stereocenters. The molecule has 0 aliphatic heterocycles. The van der Waals surface area contributed by atoms with Gasteiger partial charge in [-0.2, -0.15) is 0 Å². The highest BCUT2D eigenvalue weighted by Gasteiger charge is 2.21. The van der Waals surface area contributed by atoms with E-state index in [-0.39, 0.29) is 45.1 Å². The number of hydrogen-bond acceptors (Lipinski definition) is 6. The predicted molar refractivity (Wildman–Crippen MR) is 119 cm³/mol. The third-order valence-electron chi connectivity index (χ3n) is 4.12. The molecule has 1 amide bonds. The highest BCUT2D eigenvalue weighted by molar-refractivity contribution is 6.39. The summed E-state index contributed by atoms with van der Waals surface area (Å²) < 4.78 is 12.3. The van der Waals surface area contributed by atoms with E-state index in [4.69, 9.17) is 55.1 Å². The SMILES string of the molecule is Cc1cc(=O)c2c(OC=CC(N)=O)ncc(Cl)c2n1-c1c(Cl)cc(OCCO)cc1Cl. The van der Waals surface area contributed by atoms with Crippen LogP contribution in [0.5, 0.6) is 11.6 Å². The van der Waals surface area contributed by atoms with Crippen molar-refractivity contribution in [2.45, 2.75) is 6.92 Å². The van der Waals surface area contributed by atoms with E-state index >= 15 is 0 Å². The molecule has 3 aromatic rings. The first-order chi connectivity index (χ1) is 14.7. The number of amides is 1. The number of carbonyl (C=O) groups excluding carboxylic acids is 1. The van der Waals surface area contributed by atoms with E-state index in [1.807, 2.05) is 0 Å². The number of pyridine rings is 2. The Balaban J connectivity index is 2.29. The van der Waals surface area contributed by atoms with Gasteiger partial charge in [-0.3, -0.25) is 9.59 Å². The van der Waals surface area contributed by atoms with Crippen molar-refractivity contribution >= 4 is 51.6 Å². The minimum Gasteiger partial charge on any atom is -0.491 e. The van der Waals surface area contributed by atoms with Gasteiger partial charge in [0.1, 0.15) is 17.7 Å². The summed E-state index contributed by atoms with van der Waals surface area (Å²) in [5.74, 6) is -0.441. The average molecular weight is 485 g/mol. The van der Waals surface area contributed by atoms with Crippen LogP contribution in [0.1, 0.15) is 5.69 Å². The molecule has 3 rings (SSSR count). The molecule has 2 heterocycles. The monoisotopic (exact) mass is 483 g/mol. The highest BCUT2D eigenvalue weighted by Crippen LogP contribution is 2.38. The van der Waals surface area contributed by atoms with Gasteiger partial charge in [0.2, 0.25) is 11.8 Å². The number of aliphatic hydroxyl groups excluding tert-OH is 1. The Kier molecular flexibility index (Phi) is 7.07. The zero-order valence-corrected chi connectivity index (χ0v) is 18.3. The molecule has 11 heteroatoms. The average Bonchev–Trinajstić information content (AvgIpc) is 2.69. The van der Waals surface area contributed by atoms with Gasteiger partial charge in [-0.25, -0.2) is 4.98 Å². The Morgan fingerprint density at radius 1 is 1.23 bits per heavy atom. The number of rotatable bonds is 7. The minimum atomic E-state index is -0.728. The lowest BCUT2D eigenvalue weighted by Crippen LogP contribution is -2.14. The van der Waals surface area contributed by atoms with Crippen molar-refractivity contribution in [3.8, 4) is 17.3 Å². The molecule has 0 saturated carbocycles. The molecular weight excluding hydrogens is 469 g/mol. The zero-order chi connectivity index (χ0) is 22.7. The maximum atomic E-state index is 12.8. The van der Waals surface area contributed by atoms with Crippen LogP contribution in [0.4, 0.5) is 0 Å². The third kappa shape index (κ3) is 4.77. The largest absolute Gasteiger partial charge is 0.491 e.